The van der Waals surface area contributed by atoms with Crippen molar-refractivity contribution in [1.82, 2.24) is 4.90 Å². The van der Waals surface area contributed by atoms with E-state index in [0.717, 1.165) is 5.56 Å². The van der Waals surface area contributed by atoms with Crippen molar-refractivity contribution in [2.24, 2.45) is 16.5 Å². The predicted octanol–water partition coefficient (Wildman–Crippen LogP) is 0.568. The van der Waals surface area contributed by atoms with Gasteiger partial charge in [0.05, 0.1) is 12.0 Å². The standard InChI is InChI=1S/C14H18N4O2/c1-3-18-11(19)8-14(2,17-13(18)16)10-6-4-5-9(7-10)12(15)20/h4-7H,3,8H2,1-2H3,(H2,15,20)(H2,16,17)/t14-/m1/s1. The van der Waals surface area contributed by atoms with Gasteiger partial charge in [-0.05, 0) is 31.5 Å². The van der Waals surface area contributed by atoms with Gasteiger partial charge in [-0.2, -0.15) is 0 Å². The molecule has 106 valence electrons. The van der Waals surface area contributed by atoms with E-state index >= 15 is 0 Å². The Labute approximate surface area is 117 Å². The molecule has 6 heteroatoms. The number of guanidine groups is 1. The van der Waals surface area contributed by atoms with E-state index < -0.39 is 11.4 Å². The van der Waals surface area contributed by atoms with Gasteiger partial charge in [-0.25, -0.2) is 4.99 Å². The zero-order valence-electron chi connectivity index (χ0n) is 11.6. The van der Waals surface area contributed by atoms with Gasteiger partial charge >= 0.3 is 0 Å². The second kappa shape index (κ2) is 4.96. The number of nitrogens with zero attached hydrogens (tertiary/aromatic N) is 2. The Morgan fingerprint density at radius 1 is 1.50 bits per heavy atom. The third-order valence-electron chi connectivity index (χ3n) is 3.52. The molecule has 1 aromatic carbocycles. The molecule has 0 radical (unpaired) electrons. The molecule has 0 bridgehead atoms. The van der Waals surface area contributed by atoms with Crippen LogP contribution in [0.5, 0.6) is 0 Å². The normalized spacial score (nSPS) is 22.6. The van der Waals surface area contributed by atoms with Gasteiger partial charge in [-0.1, -0.05) is 12.1 Å². The van der Waals surface area contributed by atoms with E-state index in [0.29, 0.717) is 12.1 Å². The summed E-state index contributed by atoms with van der Waals surface area (Å²) in [4.78, 5) is 29.2. The molecule has 1 aromatic rings. The van der Waals surface area contributed by atoms with Gasteiger partial charge in [0, 0.05) is 12.1 Å². The Kier molecular flexibility index (Phi) is 3.48. The molecule has 1 atom stereocenters. The van der Waals surface area contributed by atoms with Crippen LogP contribution in [0.15, 0.2) is 29.3 Å². The van der Waals surface area contributed by atoms with Crippen molar-refractivity contribution >= 4 is 17.8 Å². The summed E-state index contributed by atoms with van der Waals surface area (Å²) in [6.07, 6.45) is 0.212. The Morgan fingerprint density at radius 2 is 2.20 bits per heavy atom. The summed E-state index contributed by atoms with van der Waals surface area (Å²) >= 11 is 0. The summed E-state index contributed by atoms with van der Waals surface area (Å²) in [6, 6.07) is 6.83. The van der Waals surface area contributed by atoms with Crippen molar-refractivity contribution in [2.75, 3.05) is 6.54 Å². The zero-order valence-corrected chi connectivity index (χ0v) is 11.6. The molecule has 1 heterocycles. The largest absolute Gasteiger partial charge is 0.369 e. The number of carbonyl (C=O) groups excluding carboxylic acids is 2. The first-order chi connectivity index (χ1) is 9.37. The highest BCUT2D eigenvalue weighted by atomic mass is 16.2. The molecule has 0 spiro atoms. The first-order valence-corrected chi connectivity index (χ1v) is 6.43. The van der Waals surface area contributed by atoms with E-state index in [9.17, 15) is 9.59 Å². The topological polar surface area (TPSA) is 102 Å². The number of benzene rings is 1. The van der Waals surface area contributed by atoms with Gasteiger partial charge in [0.25, 0.3) is 0 Å². The Hall–Kier alpha value is -2.37. The lowest BCUT2D eigenvalue weighted by molar-refractivity contribution is -0.129. The van der Waals surface area contributed by atoms with E-state index in [-0.39, 0.29) is 18.3 Å². The number of carbonyl (C=O) groups is 2. The third kappa shape index (κ3) is 2.36. The van der Waals surface area contributed by atoms with Crippen molar-refractivity contribution in [3.8, 4) is 0 Å². The number of primary amides is 1. The van der Waals surface area contributed by atoms with Crippen molar-refractivity contribution in [3.63, 3.8) is 0 Å². The molecule has 0 saturated carbocycles. The van der Waals surface area contributed by atoms with E-state index in [4.69, 9.17) is 11.5 Å². The minimum atomic E-state index is -0.766. The third-order valence-corrected chi connectivity index (χ3v) is 3.52. The molecule has 0 unspecified atom stereocenters. The van der Waals surface area contributed by atoms with Crippen LogP contribution in [-0.4, -0.2) is 29.2 Å². The van der Waals surface area contributed by atoms with Crippen LogP contribution in [0.25, 0.3) is 0 Å². The number of hydrogen-bond donors (Lipinski definition) is 2. The average Bonchev–Trinajstić information content (AvgIpc) is 2.38. The maximum atomic E-state index is 12.1. The molecule has 0 saturated heterocycles. The second-order valence-electron chi connectivity index (χ2n) is 5.00. The van der Waals surface area contributed by atoms with Crippen LogP contribution in [0, 0.1) is 0 Å². The highest BCUT2D eigenvalue weighted by Crippen LogP contribution is 2.33. The summed E-state index contributed by atoms with van der Waals surface area (Å²) in [7, 11) is 0. The van der Waals surface area contributed by atoms with Crippen molar-refractivity contribution < 1.29 is 9.59 Å². The number of nitrogens with two attached hydrogens (primary N) is 2. The maximum absolute atomic E-state index is 12.1. The molecule has 6 nitrogen and oxygen atoms in total. The Bertz CT molecular complexity index is 597. The number of amides is 2. The first-order valence-electron chi connectivity index (χ1n) is 6.43. The number of aliphatic imine (C=N–C) groups is 1. The van der Waals surface area contributed by atoms with E-state index in [1.54, 1.807) is 18.2 Å². The Balaban J connectivity index is 2.46. The highest BCUT2D eigenvalue weighted by molar-refractivity contribution is 5.99. The van der Waals surface area contributed by atoms with Gasteiger partial charge < -0.3 is 11.5 Å². The second-order valence-corrected chi connectivity index (χ2v) is 5.00. The van der Waals surface area contributed by atoms with E-state index in [1.807, 2.05) is 19.9 Å². The SMILES string of the molecule is CCN1C(=O)C[C@](C)(c2cccc(C(N)=O)c2)N=C1N. The molecular weight excluding hydrogens is 256 g/mol. The predicted molar refractivity (Wildman–Crippen MR) is 75.9 cm³/mol. The molecule has 2 amide bonds. The molecule has 2 rings (SSSR count). The molecule has 1 aliphatic heterocycles. The van der Waals surface area contributed by atoms with Crippen molar-refractivity contribution in [1.29, 1.82) is 0 Å². The molecule has 4 N–H and O–H groups in total. The first kappa shape index (κ1) is 14.0. The Morgan fingerprint density at radius 3 is 2.75 bits per heavy atom. The van der Waals surface area contributed by atoms with Gasteiger partial charge in [0.15, 0.2) is 5.96 Å². The summed E-state index contributed by atoms with van der Waals surface area (Å²) in [5, 5.41) is 0. The molecule has 0 fully saturated rings. The summed E-state index contributed by atoms with van der Waals surface area (Å²) < 4.78 is 0. The van der Waals surface area contributed by atoms with Crippen LogP contribution in [0.2, 0.25) is 0 Å². The van der Waals surface area contributed by atoms with Crippen molar-refractivity contribution in [2.45, 2.75) is 25.8 Å². The van der Waals surface area contributed by atoms with Crippen LogP contribution in [0.3, 0.4) is 0 Å². The van der Waals surface area contributed by atoms with E-state index in [1.165, 1.54) is 4.90 Å². The quantitative estimate of drug-likeness (QED) is 0.842. The van der Waals surface area contributed by atoms with Crippen LogP contribution < -0.4 is 11.5 Å². The van der Waals surface area contributed by atoms with Crippen LogP contribution >= 0.6 is 0 Å². The minimum absolute atomic E-state index is 0.0769. The summed E-state index contributed by atoms with van der Waals surface area (Å²) in [5.41, 5.74) is 11.5. The fourth-order valence-electron chi connectivity index (χ4n) is 2.38. The lowest BCUT2D eigenvalue weighted by atomic mass is 9.86. The lowest BCUT2D eigenvalue weighted by Gasteiger charge is -2.35. The van der Waals surface area contributed by atoms with Gasteiger partial charge in [-0.3, -0.25) is 14.5 Å². The maximum Gasteiger partial charge on any atom is 0.248 e. The van der Waals surface area contributed by atoms with Gasteiger partial charge in [0.1, 0.15) is 0 Å². The molecule has 0 aromatic heterocycles. The smallest absolute Gasteiger partial charge is 0.248 e. The van der Waals surface area contributed by atoms with Gasteiger partial charge in [0.2, 0.25) is 11.8 Å². The zero-order chi connectivity index (χ0) is 14.9. The fourth-order valence-corrected chi connectivity index (χ4v) is 2.38. The van der Waals surface area contributed by atoms with Gasteiger partial charge in [-0.15, -0.1) is 0 Å². The van der Waals surface area contributed by atoms with Crippen LogP contribution in [0.1, 0.15) is 36.2 Å². The lowest BCUT2D eigenvalue weighted by Crippen LogP contribution is -2.49. The molecule has 0 aliphatic carbocycles. The van der Waals surface area contributed by atoms with Crippen molar-refractivity contribution in [3.05, 3.63) is 35.4 Å². The highest BCUT2D eigenvalue weighted by Gasteiger charge is 2.37. The minimum Gasteiger partial charge on any atom is -0.369 e. The van der Waals surface area contributed by atoms with Crippen LogP contribution in [-0.2, 0) is 10.3 Å². The number of hydrogen-bond acceptors (Lipinski definition) is 4. The molecule has 20 heavy (non-hydrogen) atoms. The molecule has 1 aliphatic rings. The fraction of sp³-hybridized carbons (Fsp3) is 0.357. The average molecular weight is 274 g/mol. The summed E-state index contributed by atoms with van der Waals surface area (Å²) in [6.45, 7) is 4.16. The summed E-state index contributed by atoms with van der Waals surface area (Å²) in [5.74, 6) is -0.382. The number of rotatable bonds is 3. The van der Waals surface area contributed by atoms with Crippen LogP contribution in [0.4, 0.5) is 0 Å². The monoisotopic (exact) mass is 274 g/mol. The molecular formula is C14H18N4O2. The van der Waals surface area contributed by atoms with E-state index in [2.05, 4.69) is 4.99 Å².